The molecule has 0 heterocycles. The number of amidine groups is 1. The molecule has 1 atom stereocenters. The fourth-order valence-corrected chi connectivity index (χ4v) is 1.62. The van der Waals surface area contributed by atoms with Crippen LogP contribution in [0.1, 0.15) is 39.2 Å². The molecule has 7 heteroatoms. The number of hydrogen-bond donors (Lipinski definition) is 3. The van der Waals surface area contributed by atoms with E-state index in [1.165, 1.54) is 12.1 Å². The Bertz CT molecular complexity index is 535. The quantitative estimate of drug-likeness (QED) is 0.407. The van der Waals surface area contributed by atoms with Crippen LogP contribution in [0.3, 0.4) is 0 Å². The van der Waals surface area contributed by atoms with Gasteiger partial charge in [-0.25, -0.2) is 9.18 Å². The van der Waals surface area contributed by atoms with Crippen molar-refractivity contribution in [3.63, 3.8) is 0 Å². The van der Waals surface area contributed by atoms with E-state index in [4.69, 9.17) is 10.8 Å². The van der Waals surface area contributed by atoms with Crippen LogP contribution >= 0.6 is 0 Å². The number of aliphatic imine (C=N–C) groups is 2. The van der Waals surface area contributed by atoms with E-state index in [0.29, 0.717) is 18.8 Å². The summed E-state index contributed by atoms with van der Waals surface area (Å²) in [6.07, 6.45) is 1.78. The maximum atomic E-state index is 13.5. The molecule has 0 aliphatic carbocycles. The zero-order valence-corrected chi connectivity index (χ0v) is 13.7. The van der Waals surface area contributed by atoms with Gasteiger partial charge in [0.2, 0.25) is 0 Å². The molecule has 0 fully saturated rings. The molecule has 23 heavy (non-hydrogen) atoms. The molecule has 1 aromatic rings. The average Bonchev–Trinajstić information content (AvgIpc) is 2.50. The van der Waals surface area contributed by atoms with Gasteiger partial charge >= 0.3 is 5.97 Å². The van der Waals surface area contributed by atoms with Gasteiger partial charge in [-0.1, -0.05) is 19.9 Å². The molecule has 1 aromatic carbocycles. The van der Waals surface area contributed by atoms with Gasteiger partial charge in [-0.2, -0.15) is 0 Å². The number of carboxylic acids is 1. The average molecular weight is 325 g/mol. The van der Waals surface area contributed by atoms with Gasteiger partial charge in [-0.15, -0.1) is 0 Å². The number of benzene rings is 1. The first kappa shape index (κ1) is 20.6. The van der Waals surface area contributed by atoms with Gasteiger partial charge in [-0.05, 0) is 31.9 Å². The predicted molar refractivity (Wildman–Crippen MR) is 89.8 cm³/mol. The second kappa shape index (κ2) is 11.2. The Hall–Kier alpha value is -2.44. The zero-order valence-electron chi connectivity index (χ0n) is 13.7. The van der Waals surface area contributed by atoms with E-state index in [2.05, 4.69) is 9.98 Å². The van der Waals surface area contributed by atoms with Gasteiger partial charge in [0.25, 0.3) is 0 Å². The van der Waals surface area contributed by atoms with E-state index in [0.717, 1.165) is 12.3 Å². The minimum atomic E-state index is -1.12. The molecule has 0 spiro atoms. The van der Waals surface area contributed by atoms with Gasteiger partial charge in [-0.3, -0.25) is 9.98 Å². The molecule has 1 unspecified atom stereocenters. The minimum absolute atomic E-state index is 0.125. The maximum Gasteiger partial charge on any atom is 0.328 e. The summed E-state index contributed by atoms with van der Waals surface area (Å²) in [6.45, 7) is 6.06. The van der Waals surface area contributed by atoms with Crippen molar-refractivity contribution in [1.82, 2.24) is 0 Å². The second-order valence-electron chi connectivity index (χ2n) is 4.47. The molecular formula is C16H24FN3O3. The summed E-state index contributed by atoms with van der Waals surface area (Å²) in [5, 5.41) is 18.6. The lowest BCUT2D eigenvalue weighted by Gasteiger charge is -2.07. The highest BCUT2D eigenvalue weighted by Crippen LogP contribution is 2.18. The maximum absolute atomic E-state index is 13.5. The van der Waals surface area contributed by atoms with E-state index >= 15 is 0 Å². The molecule has 0 aliphatic rings. The Kier molecular flexibility index (Phi) is 9.99. The van der Waals surface area contributed by atoms with Crippen LogP contribution in [-0.4, -0.2) is 40.8 Å². The lowest BCUT2D eigenvalue weighted by atomic mass is 10.1. The first-order chi connectivity index (χ1) is 10.9. The first-order valence-electron chi connectivity index (χ1n) is 7.41. The monoisotopic (exact) mass is 325 g/mol. The predicted octanol–water partition coefficient (Wildman–Crippen LogP) is 2.59. The third-order valence-corrected chi connectivity index (χ3v) is 2.70. The summed E-state index contributed by atoms with van der Waals surface area (Å²) in [5.41, 5.74) is 5.25. The Labute approximate surface area is 135 Å². The van der Waals surface area contributed by atoms with E-state index in [9.17, 15) is 14.3 Å². The molecule has 0 amide bonds. The number of halogens is 1. The summed E-state index contributed by atoms with van der Waals surface area (Å²) in [5.74, 6) is -1.63. The molecule has 6 nitrogen and oxygen atoms in total. The van der Waals surface area contributed by atoms with Crippen LogP contribution in [-0.2, 0) is 4.79 Å². The van der Waals surface area contributed by atoms with Crippen LogP contribution in [0.4, 0.5) is 4.39 Å². The van der Waals surface area contributed by atoms with Crippen LogP contribution in [0.2, 0.25) is 0 Å². The third kappa shape index (κ3) is 7.94. The molecular weight excluding hydrogens is 301 g/mol. The SMILES string of the molecule is CC.CC(N)=NCCCC(N=Cc1c(O)cccc1F)C(=O)O. The van der Waals surface area contributed by atoms with Gasteiger partial charge in [0.05, 0.1) is 11.4 Å². The van der Waals surface area contributed by atoms with Gasteiger partial charge in [0.15, 0.2) is 0 Å². The van der Waals surface area contributed by atoms with Gasteiger partial charge in [0, 0.05) is 12.8 Å². The summed E-state index contributed by atoms with van der Waals surface area (Å²) in [4.78, 5) is 18.9. The number of nitrogens with zero attached hydrogens (tertiary/aromatic N) is 2. The Morgan fingerprint density at radius 2 is 2.09 bits per heavy atom. The molecule has 0 aromatic heterocycles. The highest BCUT2D eigenvalue weighted by atomic mass is 19.1. The smallest absolute Gasteiger partial charge is 0.328 e. The number of nitrogens with two attached hydrogens (primary N) is 1. The number of hydrogen-bond acceptors (Lipinski definition) is 4. The number of aliphatic carboxylic acids is 1. The molecule has 4 N–H and O–H groups in total. The van der Waals surface area contributed by atoms with Crippen molar-refractivity contribution in [1.29, 1.82) is 0 Å². The lowest BCUT2D eigenvalue weighted by molar-refractivity contribution is -0.138. The highest BCUT2D eigenvalue weighted by molar-refractivity contribution is 5.86. The summed E-state index contributed by atoms with van der Waals surface area (Å²) in [7, 11) is 0. The normalized spacial score (nSPS) is 12.6. The molecule has 0 aliphatic heterocycles. The van der Waals surface area contributed by atoms with Crippen LogP contribution in [0.5, 0.6) is 5.75 Å². The highest BCUT2D eigenvalue weighted by Gasteiger charge is 2.15. The van der Waals surface area contributed by atoms with Crippen molar-refractivity contribution in [2.75, 3.05) is 6.54 Å². The van der Waals surface area contributed by atoms with E-state index in [1.807, 2.05) is 13.8 Å². The van der Waals surface area contributed by atoms with Crippen LogP contribution in [0.15, 0.2) is 28.2 Å². The molecule has 128 valence electrons. The third-order valence-electron chi connectivity index (χ3n) is 2.70. The molecule has 1 rings (SSSR count). The Morgan fingerprint density at radius 3 is 2.61 bits per heavy atom. The number of carboxylic acid groups (broad SMARTS) is 1. The Balaban J connectivity index is 0.00000232. The molecule has 0 saturated heterocycles. The number of carbonyl (C=O) groups is 1. The van der Waals surface area contributed by atoms with E-state index < -0.39 is 17.8 Å². The Morgan fingerprint density at radius 1 is 1.43 bits per heavy atom. The first-order valence-corrected chi connectivity index (χ1v) is 7.41. The molecule has 0 saturated carbocycles. The van der Waals surface area contributed by atoms with Crippen LogP contribution < -0.4 is 5.73 Å². The van der Waals surface area contributed by atoms with Crippen molar-refractivity contribution in [3.8, 4) is 5.75 Å². The molecule has 0 radical (unpaired) electrons. The van der Waals surface area contributed by atoms with Crippen molar-refractivity contribution in [2.24, 2.45) is 15.7 Å². The number of aromatic hydroxyl groups is 1. The largest absolute Gasteiger partial charge is 0.507 e. The second-order valence-corrected chi connectivity index (χ2v) is 4.47. The summed E-state index contributed by atoms with van der Waals surface area (Å²) in [6, 6.07) is 2.80. The van der Waals surface area contributed by atoms with Crippen molar-refractivity contribution < 1.29 is 19.4 Å². The zero-order chi connectivity index (χ0) is 17.8. The van der Waals surface area contributed by atoms with Crippen molar-refractivity contribution >= 4 is 18.0 Å². The molecule has 0 bridgehead atoms. The van der Waals surface area contributed by atoms with Crippen LogP contribution in [0.25, 0.3) is 0 Å². The van der Waals surface area contributed by atoms with Gasteiger partial charge < -0.3 is 15.9 Å². The summed E-state index contributed by atoms with van der Waals surface area (Å²) >= 11 is 0. The summed E-state index contributed by atoms with van der Waals surface area (Å²) < 4.78 is 13.5. The number of phenolic OH excluding ortho intramolecular Hbond substituents is 1. The van der Waals surface area contributed by atoms with Crippen LogP contribution in [0, 0.1) is 5.82 Å². The fraction of sp³-hybridized carbons (Fsp3) is 0.438. The number of rotatable bonds is 7. The van der Waals surface area contributed by atoms with E-state index in [1.54, 1.807) is 6.92 Å². The van der Waals surface area contributed by atoms with Crippen molar-refractivity contribution in [2.45, 2.75) is 39.7 Å². The van der Waals surface area contributed by atoms with E-state index in [-0.39, 0.29) is 17.7 Å². The standard InChI is InChI=1S/C14H18FN3O3.C2H6/c1-9(16)17-7-3-5-12(14(20)21)18-8-10-11(15)4-2-6-13(10)19;1-2/h2,4,6,8,12,19H,3,5,7H2,1H3,(H2,16,17)(H,20,21);1-2H3. The number of phenols is 1. The topological polar surface area (TPSA) is 108 Å². The van der Waals surface area contributed by atoms with Gasteiger partial charge in [0.1, 0.15) is 17.6 Å². The van der Waals surface area contributed by atoms with Crippen molar-refractivity contribution in [3.05, 3.63) is 29.6 Å². The lowest BCUT2D eigenvalue weighted by Crippen LogP contribution is -2.18. The minimum Gasteiger partial charge on any atom is -0.507 e. The fourth-order valence-electron chi connectivity index (χ4n) is 1.62.